The van der Waals surface area contributed by atoms with Gasteiger partial charge in [-0.05, 0) is 19.1 Å². The lowest BCUT2D eigenvalue weighted by Crippen LogP contribution is -2.49. The summed E-state index contributed by atoms with van der Waals surface area (Å²) in [5.74, 6) is 1.68. The summed E-state index contributed by atoms with van der Waals surface area (Å²) in [5, 5.41) is 5.07. The maximum Gasteiger partial charge on any atom is 0.289 e. The van der Waals surface area contributed by atoms with E-state index in [1.54, 1.807) is 0 Å². The lowest BCUT2D eigenvalue weighted by atomic mass is 9.96. The van der Waals surface area contributed by atoms with Crippen molar-refractivity contribution in [1.82, 2.24) is 19.9 Å². The van der Waals surface area contributed by atoms with E-state index in [-0.39, 0.29) is 17.4 Å². The van der Waals surface area contributed by atoms with Gasteiger partial charge in [0.2, 0.25) is 5.89 Å². The van der Waals surface area contributed by atoms with Gasteiger partial charge in [0.05, 0.1) is 6.04 Å². The molecule has 0 saturated carbocycles. The molecule has 1 unspecified atom stereocenters. The summed E-state index contributed by atoms with van der Waals surface area (Å²) < 4.78 is 11.2. The summed E-state index contributed by atoms with van der Waals surface area (Å²) in [6.07, 6.45) is 0. The number of carbonyl (C=O) groups excluding carboxylic acids is 1. The molecule has 1 atom stereocenters. The molecule has 2 aromatic heterocycles. The summed E-state index contributed by atoms with van der Waals surface area (Å²) >= 11 is 0. The monoisotopic (exact) mass is 382 g/mol. The lowest BCUT2D eigenvalue weighted by molar-refractivity contribution is 0.0526. The molecule has 1 aliphatic rings. The summed E-state index contributed by atoms with van der Waals surface area (Å²) in [4.78, 5) is 21.5. The van der Waals surface area contributed by atoms with E-state index in [1.807, 2.05) is 35.2 Å². The van der Waals surface area contributed by atoms with E-state index in [9.17, 15) is 4.79 Å². The third-order valence-electron chi connectivity index (χ3n) is 5.26. The quantitative estimate of drug-likeness (QED) is 0.688. The number of hydrogen-bond acceptors (Lipinski definition) is 6. The second-order valence-corrected chi connectivity index (χ2v) is 8.36. The van der Waals surface area contributed by atoms with E-state index < -0.39 is 0 Å². The van der Waals surface area contributed by atoms with E-state index in [0.717, 1.165) is 24.1 Å². The first-order chi connectivity index (χ1) is 13.3. The first kappa shape index (κ1) is 18.7. The van der Waals surface area contributed by atoms with E-state index in [2.05, 4.69) is 42.7 Å². The van der Waals surface area contributed by atoms with Gasteiger partial charge in [0, 0.05) is 37.0 Å². The first-order valence-electron chi connectivity index (χ1n) is 9.69. The highest BCUT2D eigenvalue weighted by atomic mass is 16.5. The number of fused-ring (bicyclic) bond motifs is 1. The number of para-hydroxylation sites is 1. The normalized spacial score (nSPS) is 17.2. The van der Waals surface area contributed by atoms with Gasteiger partial charge in [0.25, 0.3) is 5.91 Å². The average Bonchev–Trinajstić information content (AvgIpc) is 3.34. The van der Waals surface area contributed by atoms with Crippen molar-refractivity contribution in [2.45, 2.75) is 39.2 Å². The second kappa shape index (κ2) is 7.05. The maximum atomic E-state index is 12.8. The molecule has 0 spiro atoms. The van der Waals surface area contributed by atoms with Crippen LogP contribution in [0.4, 0.5) is 0 Å². The molecule has 1 amide bonds. The average molecular weight is 382 g/mol. The molecule has 0 radical (unpaired) electrons. The minimum Gasteiger partial charge on any atom is -0.451 e. The molecule has 148 valence electrons. The van der Waals surface area contributed by atoms with Crippen LogP contribution in [0.15, 0.2) is 39.3 Å². The number of amides is 1. The van der Waals surface area contributed by atoms with Crippen molar-refractivity contribution in [2.75, 3.05) is 26.2 Å². The van der Waals surface area contributed by atoms with Crippen LogP contribution in [0.5, 0.6) is 0 Å². The van der Waals surface area contributed by atoms with Crippen molar-refractivity contribution >= 4 is 16.9 Å². The summed E-state index contributed by atoms with van der Waals surface area (Å²) in [7, 11) is 0. The fourth-order valence-corrected chi connectivity index (χ4v) is 3.42. The van der Waals surface area contributed by atoms with Crippen LogP contribution in [-0.4, -0.2) is 52.0 Å². The smallest absolute Gasteiger partial charge is 0.289 e. The van der Waals surface area contributed by atoms with Crippen molar-refractivity contribution < 1.29 is 13.7 Å². The molecule has 4 rings (SSSR count). The minimum absolute atomic E-state index is 0.0204. The van der Waals surface area contributed by atoms with Crippen LogP contribution >= 0.6 is 0 Å². The Morgan fingerprint density at radius 3 is 2.50 bits per heavy atom. The molecule has 1 aromatic carbocycles. The number of rotatable bonds is 3. The van der Waals surface area contributed by atoms with Crippen molar-refractivity contribution in [1.29, 1.82) is 0 Å². The van der Waals surface area contributed by atoms with Crippen molar-refractivity contribution in [3.8, 4) is 0 Å². The number of benzene rings is 1. The molecule has 1 saturated heterocycles. The predicted molar refractivity (Wildman–Crippen MR) is 105 cm³/mol. The van der Waals surface area contributed by atoms with Crippen LogP contribution in [0, 0.1) is 0 Å². The topological polar surface area (TPSA) is 75.6 Å². The van der Waals surface area contributed by atoms with Gasteiger partial charge in [-0.25, -0.2) is 0 Å². The third kappa shape index (κ3) is 3.54. The van der Waals surface area contributed by atoms with Crippen molar-refractivity contribution in [3.63, 3.8) is 0 Å². The Morgan fingerprint density at radius 1 is 1.14 bits per heavy atom. The number of furan rings is 1. The van der Waals surface area contributed by atoms with Gasteiger partial charge in [0.15, 0.2) is 11.6 Å². The van der Waals surface area contributed by atoms with Crippen molar-refractivity contribution in [2.24, 2.45) is 0 Å². The highest BCUT2D eigenvalue weighted by molar-refractivity contribution is 5.96. The summed E-state index contributed by atoms with van der Waals surface area (Å²) in [6.45, 7) is 11.0. The molecular weight excluding hydrogens is 356 g/mol. The lowest BCUT2D eigenvalue weighted by Gasteiger charge is -2.36. The number of nitrogens with zero attached hydrogens (tertiary/aromatic N) is 4. The Bertz CT molecular complexity index is 944. The highest BCUT2D eigenvalue weighted by Crippen LogP contribution is 2.25. The molecule has 1 fully saturated rings. The highest BCUT2D eigenvalue weighted by Gasteiger charge is 2.30. The predicted octanol–water partition coefficient (Wildman–Crippen LogP) is 3.63. The molecule has 1 aliphatic heterocycles. The second-order valence-electron chi connectivity index (χ2n) is 8.36. The third-order valence-corrected chi connectivity index (χ3v) is 5.26. The van der Waals surface area contributed by atoms with E-state index in [4.69, 9.17) is 8.94 Å². The molecule has 7 nitrogen and oxygen atoms in total. The number of aromatic nitrogens is 2. The zero-order valence-corrected chi connectivity index (χ0v) is 16.8. The van der Waals surface area contributed by atoms with Gasteiger partial charge in [-0.15, -0.1) is 0 Å². The fraction of sp³-hybridized carbons (Fsp3) is 0.476. The van der Waals surface area contributed by atoms with E-state index >= 15 is 0 Å². The number of hydrogen-bond donors (Lipinski definition) is 0. The zero-order valence-electron chi connectivity index (χ0n) is 16.8. The standard InChI is InChI=1S/C21H26N4O3/c1-14(18-22-20(23-28-18)21(2,3)4)24-9-11-25(12-10-24)19(26)17-13-15-7-5-6-8-16(15)27-17/h5-8,13-14H,9-12H2,1-4H3. The van der Waals surface area contributed by atoms with Crippen LogP contribution in [-0.2, 0) is 5.41 Å². The molecule has 0 aliphatic carbocycles. The molecule has 28 heavy (non-hydrogen) atoms. The molecule has 3 heterocycles. The van der Waals surface area contributed by atoms with Gasteiger partial charge in [-0.2, -0.15) is 4.98 Å². The Morgan fingerprint density at radius 2 is 1.86 bits per heavy atom. The SMILES string of the molecule is CC(c1nc(C(C)(C)C)no1)N1CCN(C(=O)c2cc3ccccc3o2)CC1. The van der Waals surface area contributed by atoms with Gasteiger partial charge in [-0.3, -0.25) is 9.69 Å². The zero-order chi connectivity index (χ0) is 19.9. The summed E-state index contributed by atoms with van der Waals surface area (Å²) in [6, 6.07) is 9.51. The van der Waals surface area contributed by atoms with Gasteiger partial charge in [0.1, 0.15) is 5.58 Å². The largest absolute Gasteiger partial charge is 0.451 e. The molecule has 7 heteroatoms. The Balaban J connectivity index is 1.40. The van der Waals surface area contributed by atoms with Gasteiger partial charge in [-0.1, -0.05) is 44.1 Å². The van der Waals surface area contributed by atoms with Gasteiger partial charge < -0.3 is 13.8 Å². The van der Waals surface area contributed by atoms with Gasteiger partial charge >= 0.3 is 0 Å². The van der Waals surface area contributed by atoms with E-state index in [0.29, 0.717) is 30.6 Å². The minimum atomic E-state index is -0.140. The van der Waals surface area contributed by atoms with Crippen LogP contribution in [0.3, 0.4) is 0 Å². The fourth-order valence-electron chi connectivity index (χ4n) is 3.42. The van der Waals surface area contributed by atoms with Crippen LogP contribution in [0.1, 0.15) is 56.0 Å². The maximum absolute atomic E-state index is 12.8. The molecular formula is C21H26N4O3. The first-order valence-corrected chi connectivity index (χ1v) is 9.69. The molecule has 3 aromatic rings. The van der Waals surface area contributed by atoms with Crippen LogP contribution in [0.25, 0.3) is 11.0 Å². The van der Waals surface area contributed by atoms with Crippen LogP contribution in [0.2, 0.25) is 0 Å². The van der Waals surface area contributed by atoms with Crippen molar-refractivity contribution in [3.05, 3.63) is 47.8 Å². The Labute approximate surface area is 164 Å². The molecule has 0 bridgehead atoms. The number of carbonyl (C=O) groups is 1. The molecule has 0 N–H and O–H groups in total. The summed E-state index contributed by atoms with van der Waals surface area (Å²) in [5.41, 5.74) is 0.600. The Hall–Kier alpha value is -2.67. The van der Waals surface area contributed by atoms with E-state index in [1.165, 1.54) is 0 Å². The Kier molecular flexibility index (Phi) is 4.71. The van der Waals surface area contributed by atoms with Crippen LogP contribution < -0.4 is 0 Å². The number of piperazine rings is 1.